The second kappa shape index (κ2) is 5.56. The largest absolute Gasteiger partial charge is 0.347 e. The lowest BCUT2D eigenvalue weighted by Gasteiger charge is -2.21. The molecule has 0 aliphatic rings. The molecule has 0 fully saturated rings. The lowest BCUT2D eigenvalue weighted by molar-refractivity contribution is -0.114. The number of fused-ring (bicyclic) bond motifs is 1. The lowest BCUT2D eigenvalue weighted by atomic mass is 10.0. The predicted molar refractivity (Wildman–Crippen MR) is 85.5 cm³/mol. The fraction of sp³-hybridized carbons (Fsp3) is 0.294. The van der Waals surface area contributed by atoms with Crippen molar-refractivity contribution in [3.63, 3.8) is 0 Å². The Morgan fingerprint density at radius 3 is 2.33 bits per heavy atom. The standard InChI is InChI=1S/C17H20N2O2/c1-11(20)18-13-9-12-7-5-6-8-14(12)15(10-13)16(21)19-17(2,3)4/h5-10H,1-4H3,(H,18,20)(H,19,21). The Morgan fingerprint density at radius 1 is 1.05 bits per heavy atom. The SMILES string of the molecule is CC(=O)Nc1cc(C(=O)NC(C)(C)C)c2ccccc2c1. The van der Waals surface area contributed by atoms with Gasteiger partial charge < -0.3 is 10.6 Å². The van der Waals surface area contributed by atoms with Crippen molar-refractivity contribution in [2.75, 3.05) is 5.32 Å². The summed E-state index contributed by atoms with van der Waals surface area (Å²) in [6, 6.07) is 11.2. The van der Waals surface area contributed by atoms with Gasteiger partial charge in [-0.25, -0.2) is 0 Å². The van der Waals surface area contributed by atoms with Gasteiger partial charge in [0, 0.05) is 23.7 Å². The van der Waals surface area contributed by atoms with Crippen LogP contribution in [0, 0.1) is 0 Å². The van der Waals surface area contributed by atoms with Crippen LogP contribution >= 0.6 is 0 Å². The van der Waals surface area contributed by atoms with Gasteiger partial charge in [-0.3, -0.25) is 9.59 Å². The van der Waals surface area contributed by atoms with Crippen molar-refractivity contribution >= 4 is 28.3 Å². The summed E-state index contributed by atoms with van der Waals surface area (Å²) < 4.78 is 0. The average molecular weight is 284 g/mol. The van der Waals surface area contributed by atoms with E-state index in [1.807, 2.05) is 51.1 Å². The van der Waals surface area contributed by atoms with Gasteiger partial charge in [-0.15, -0.1) is 0 Å². The zero-order valence-corrected chi connectivity index (χ0v) is 12.8. The Labute approximate surface area is 124 Å². The zero-order valence-electron chi connectivity index (χ0n) is 12.8. The van der Waals surface area contributed by atoms with Gasteiger partial charge in [0.15, 0.2) is 0 Å². The smallest absolute Gasteiger partial charge is 0.252 e. The highest BCUT2D eigenvalue weighted by Gasteiger charge is 2.18. The number of amides is 2. The molecular weight excluding hydrogens is 264 g/mol. The molecule has 0 bridgehead atoms. The molecule has 4 nitrogen and oxygen atoms in total. The third kappa shape index (κ3) is 3.81. The van der Waals surface area contributed by atoms with Crippen molar-refractivity contribution in [1.82, 2.24) is 5.32 Å². The monoisotopic (exact) mass is 284 g/mol. The van der Waals surface area contributed by atoms with E-state index in [-0.39, 0.29) is 17.4 Å². The molecule has 0 saturated carbocycles. The van der Waals surface area contributed by atoms with Crippen LogP contribution in [0.1, 0.15) is 38.1 Å². The Kier molecular flexibility index (Phi) is 3.98. The fourth-order valence-electron chi connectivity index (χ4n) is 2.18. The van der Waals surface area contributed by atoms with Crippen LogP contribution in [0.5, 0.6) is 0 Å². The maximum atomic E-state index is 12.5. The van der Waals surface area contributed by atoms with Crippen LogP contribution in [0.3, 0.4) is 0 Å². The molecule has 2 aromatic rings. The molecule has 0 radical (unpaired) electrons. The molecule has 0 aliphatic heterocycles. The van der Waals surface area contributed by atoms with E-state index in [2.05, 4.69) is 10.6 Å². The highest BCUT2D eigenvalue weighted by atomic mass is 16.2. The van der Waals surface area contributed by atoms with Crippen LogP contribution in [-0.4, -0.2) is 17.4 Å². The van der Waals surface area contributed by atoms with Gasteiger partial charge in [0.1, 0.15) is 0 Å². The summed E-state index contributed by atoms with van der Waals surface area (Å²) in [5, 5.41) is 7.48. The molecule has 2 amide bonds. The number of rotatable bonds is 2. The van der Waals surface area contributed by atoms with Gasteiger partial charge in [0.25, 0.3) is 5.91 Å². The van der Waals surface area contributed by atoms with Gasteiger partial charge in [0.2, 0.25) is 5.91 Å². The second-order valence-corrected chi connectivity index (χ2v) is 6.13. The number of hydrogen-bond donors (Lipinski definition) is 2. The molecule has 110 valence electrons. The first-order valence-corrected chi connectivity index (χ1v) is 6.89. The highest BCUT2D eigenvalue weighted by Crippen LogP contribution is 2.24. The molecule has 2 N–H and O–H groups in total. The minimum absolute atomic E-state index is 0.147. The molecule has 21 heavy (non-hydrogen) atoms. The van der Waals surface area contributed by atoms with E-state index in [1.165, 1.54) is 6.92 Å². The molecule has 0 aliphatic carbocycles. The highest BCUT2D eigenvalue weighted by molar-refractivity contribution is 6.09. The number of anilines is 1. The van der Waals surface area contributed by atoms with E-state index in [0.29, 0.717) is 11.3 Å². The van der Waals surface area contributed by atoms with Crippen molar-refractivity contribution in [3.05, 3.63) is 42.0 Å². The minimum atomic E-state index is -0.317. The average Bonchev–Trinajstić information content (AvgIpc) is 2.35. The minimum Gasteiger partial charge on any atom is -0.347 e. The van der Waals surface area contributed by atoms with E-state index in [4.69, 9.17) is 0 Å². The molecular formula is C17H20N2O2. The first kappa shape index (κ1) is 15.0. The first-order valence-electron chi connectivity index (χ1n) is 6.89. The molecule has 0 aromatic heterocycles. The predicted octanol–water partition coefficient (Wildman–Crippen LogP) is 3.33. The van der Waals surface area contributed by atoms with E-state index in [1.54, 1.807) is 6.07 Å². The molecule has 2 aromatic carbocycles. The number of carbonyl (C=O) groups excluding carboxylic acids is 2. The number of benzene rings is 2. The van der Waals surface area contributed by atoms with Crippen molar-refractivity contribution in [1.29, 1.82) is 0 Å². The van der Waals surface area contributed by atoms with E-state index in [0.717, 1.165) is 10.8 Å². The summed E-state index contributed by atoms with van der Waals surface area (Å²) in [6.07, 6.45) is 0. The number of nitrogens with one attached hydrogen (secondary N) is 2. The Hall–Kier alpha value is -2.36. The van der Waals surface area contributed by atoms with Crippen molar-refractivity contribution in [3.8, 4) is 0 Å². The fourth-order valence-corrected chi connectivity index (χ4v) is 2.18. The number of hydrogen-bond acceptors (Lipinski definition) is 2. The first-order chi connectivity index (χ1) is 9.76. The van der Waals surface area contributed by atoms with Crippen molar-refractivity contribution in [2.24, 2.45) is 0 Å². The molecule has 0 heterocycles. The molecule has 0 unspecified atom stereocenters. The topological polar surface area (TPSA) is 58.2 Å². The normalized spacial score (nSPS) is 11.2. The van der Waals surface area contributed by atoms with E-state index < -0.39 is 0 Å². The second-order valence-electron chi connectivity index (χ2n) is 6.13. The van der Waals surface area contributed by atoms with Crippen molar-refractivity contribution in [2.45, 2.75) is 33.2 Å². The Bertz CT molecular complexity index is 699. The lowest BCUT2D eigenvalue weighted by Crippen LogP contribution is -2.40. The third-order valence-electron chi connectivity index (χ3n) is 2.92. The quantitative estimate of drug-likeness (QED) is 0.888. The molecule has 4 heteroatoms. The maximum Gasteiger partial charge on any atom is 0.252 e. The van der Waals surface area contributed by atoms with Gasteiger partial charge in [-0.1, -0.05) is 24.3 Å². The molecule has 0 atom stereocenters. The van der Waals surface area contributed by atoms with Crippen LogP contribution in [0.2, 0.25) is 0 Å². The zero-order chi connectivity index (χ0) is 15.6. The van der Waals surface area contributed by atoms with Crippen LogP contribution < -0.4 is 10.6 Å². The van der Waals surface area contributed by atoms with Crippen molar-refractivity contribution < 1.29 is 9.59 Å². The van der Waals surface area contributed by atoms with E-state index in [9.17, 15) is 9.59 Å². The van der Waals surface area contributed by atoms with Gasteiger partial charge in [-0.2, -0.15) is 0 Å². The molecule has 0 saturated heterocycles. The summed E-state index contributed by atoms with van der Waals surface area (Å²) in [5.41, 5.74) is 0.870. The molecule has 0 spiro atoms. The number of carbonyl (C=O) groups is 2. The molecule has 2 rings (SSSR count). The van der Waals surface area contributed by atoms with E-state index >= 15 is 0 Å². The summed E-state index contributed by atoms with van der Waals surface area (Å²) in [5.74, 6) is -0.307. The summed E-state index contributed by atoms with van der Waals surface area (Å²) in [6.45, 7) is 7.25. The van der Waals surface area contributed by atoms with Gasteiger partial charge >= 0.3 is 0 Å². The summed E-state index contributed by atoms with van der Waals surface area (Å²) in [7, 11) is 0. The third-order valence-corrected chi connectivity index (χ3v) is 2.92. The summed E-state index contributed by atoms with van der Waals surface area (Å²) >= 11 is 0. The maximum absolute atomic E-state index is 12.5. The van der Waals surface area contributed by atoms with Crippen LogP contribution in [0.4, 0.5) is 5.69 Å². The summed E-state index contributed by atoms with van der Waals surface area (Å²) in [4.78, 5) is 23.7. The van der Waals surface area contributed by atoms with Crippen LogP contribution in [0.15, 0.2) is 36.4 Å². The Balaban J connectivity index is 2.54. The van der Waals surface area contributed by atoms with Crippen LogP contribution in [0.25, 0.3) is 10.8 Å². The Morgan fingerprint density at radius 2 is 1.71 bits per heavy atom. The van der Waals surface area contributed by atoms with Gasteiger partial charge in [0.05, 0.1) is 0 Å². The van der Waals surface area contributed by atoms with Gasteiger partial charge in [-0.05, 0) is 43.7 Å². The van der Waals surface area contributed by atoms with Crippen LogP contribution in [-0.2, 0) is 4.79 Å².